The average Bonchev–Trinajstić information content (AvgIpc) is 3.22. The van der Waals surface area contributed by atoms with Crippen LogP contribution in [0.4, 0.5) is 0 Å². The van der Waals surface area contributed by atoms with Crippen LogP contribution in [0.1, 0.15) is 65.4 Å². The molecule has 0 radical (unpaired) electrons. The summed E-state index contributed by atoms with van der Waals surface area (Å²) < 4.78 is 11.7. The van der Waals surface area contributed by atoms with Gasteiger partial charge in [-0.1, -0.05) is 39.3 Å². The van der Waals surface area contributed by atoms with E-state index in [1.807, 2.05) is 0 Å². The lowest BCUT2D eigenvalue weighted by Crippen LogP contribution is -2.11. The second kappa shape index (κ2) is 8.01. The van der Waals surface area contributed by atoms with Crippen molar-refractivity contribution < 1.29 is 9.47 Å². The van der Waals surface area contributed by atoms with Gasteiger partial charge in [-0.2, -0.15) is 0 Å². The number of hydrogen-bond acceptors (Lipinski definition) is 2. The van der Waals surface area contributed by atoms with E-state index in [1.165, 1.54) is 24.8 Å². The molecule has 0 N–H and O–H groups in total. The Morgan fingerprint density at radius 1 is 1.14 bits per heavy atom. The highest BCUT2D eigenvalue weighted by molar-refractivity contribution is 5.27. The van der Waals surface area contributed by atoms with Crippen molar-refractivity contribution in [1.29, 1.82) is 0 Å². The number of ether oxygens (including phenoxy) is 2. The Morgan fingerprint density at radius 2 is 1.86 bits per heavy atom. The fourth-order valence-electron chi connectivity index (χ4n) is 3.07. The number of benzene rings is 1. The van der Waals surface area contributed by atoms with Crippen molar-refractivity contribution in [2.45, 2.75) is 77.9 Å². The molecule has 0 saturated carbocycles. The van der Waals surface area contributed by atoms with Gasteiger partial charge in [-0.15, -0.1) is 0 Å². The highest BCUT2D eigenvalue weighted by Crippen LogP contribution is 2.42. The third-order valence-corrected chi connectivity index (χ3v) is 5.28. The molecule has 1 aromatic rings. The summed E-state index contributed by atoms with van der Waals surface area (Å²) in [4.78, 5) is 0. The van der Waals surface area contributed by atoms with Gasteiger partial charge in [-0.3, -0.25) is 0 Å². The molecule has 22 heavy (non-hydrogen) atoms. The van der Waals surface area contributed by atoms with E-state index in [0.29, 0.717) is 6.10 Å². The van der Waals surface area contributed by atoms with Crippen LogP contribution >= 0.6 is 0 Å². The second-order valence-corrected chi connectivity index (χ2v) is 6.76. The molecule has 0 amide bonds. The quantitative estimate of drug-likeness (QED) is 0.540. The lowest BCUT2D eigenvalue weighted by Gasteiger charge is -2.15. The van der Waals surface area contributed by atoms with E-state index in [0.717, 1.165) is 37.5 Å². The molecule has 1 saturated heterocycles. The molecule has 0 bridgehead atoms. The van der Waals surface area contributed by atoms with E-state index >= 15 is 0 Å². The molecule has 2 heteroatoms. The van der Waals surface area contributed by atoms with Crippen molar-refractivity contribution in [1.82, 2.24) is 0 Å². The van der Waals surface area contributed by atoms with Gasteiger partial charge in [0.1, 0.15) is 5.75 Å². The van der Waals surface area contributed by atoms with Gasteiger partial charge in [-0.05, 0) is 62.6 Å². The van der Waals surface area contributed by atoms with Crippen molar-refractivity contribution in [3.05, 3.63) is 29.8 Å². The topological polar surface area (TPSA) is 21.8 Å². The molecule has 1 fully saturated rings. The van der Waals surface area contributed by atoms with Crippen LogP contribution in [0.3, 0.4) is 0 Å². The zero-order chi connectivity index (χ0) is 16.0. The van der Waals surface area contributed by atoms with E-state index < -0.39 is 0 Å². The molecule has 1 aromatic carbocycles. The summed E-state index contributed by atoms with van der Waals surface area (Å²) in [6, 6.07) is 8.49. The maximum absolute atomic E-state index is 5.89. The Morgan fingerprint density at radius 3 is 2.41 bits per heavy atom. The van der Waals surface area contributed by atoms with Crippen LogP contribution in [0.25, 0.3) is 0 Å². The SMILES string of the molecule is CCc1ccc(OCC[C@H](CC)CC[C@@H]2O[C@@]2(C)CC)cc1. The van der Waals surface area contributed by atoms with Crippen LogP contribution in [0.5, 0.6) is 5.75 Å². The zero-order valence-electron chi connectivity index (χ0n) is 14.7. The molecular weight excluding hydrogens is 272 g/mol. The molecule has 2 rings (SSSR count). The minimum Gasteiger partial charge on any atom is -0.494 e. The largest absolute Gasteiger partial charge is 0.494 e. The van der Waals surface area contributed by atoms with Gasteiger partial charge in [-0.25, -0.2) is 0 Å². The maximum Gasteiger partial charge on any atom is 0.119 e. The summed E-state index contributed by atoms with van der Waals surface area (Å²) >= 11 is 0. The highest BCUT2D eigenvalue weighted by Gasteiger charge is 2.49. The summed E-state index contributed by atoms with van der Waals surface area (Å²) in [6.07, 6.45) is 7.54. The Kier molecular flexibility index (Phi) is 6.31. The minimum absolute atomic E-state index is 0.176. The lowest BCUT2D eigenvalue weighted by molar-refractivity contribution is 0.259. The fraction of sp³-hybridized carbons (Fsp3) is 0.700. The van der Waals surface area contributed by atoms with Gasteiger partial charge in [0, 0.05) is 0 Å². The van der Waals surface area contributed by atoms with Crippen LogP contribution in [0.15, 0.2) is 24.3 Å². The third kappa shape index (κ3) is 4.74. The molecule has 1 aliphatic rings. The van der Waals surface area contributed by atoms with E-state index in [4.69, 9.17) is 9.47 Å². The summed E-state index contributed by atoms with van der Waals surface area (Å²) in [5.74, 6) is 1.75. The van der Waals surface area contributed by atoms with Gasteiger partial charge in [0.25, 0.3) is 0 Å². The van der Waals surface area contributed by atoms with Gasteiger partial charge >= 0.3 is 0 Å². The van der Waals surface area contributed by atoms with Crippen LogP contribution in [0.2, 0.25) is 0 Å². The summed E-state index contributed by atoms with van der Waals surface area (Å²) in [5.41, 5.74) is 1.54. The molecule has 0 aromatic heterocycles. The number of hydrogen-bond donors (Lipinski definition) is 0. The zero-order valence-corrected chi connectivity index (χ0v) is 14.7. The average molecular weight is 304 g/mol. The summed E-state index contributed by atoms with van der Waals surface area (Å²) in [6.45, 7) is 9.74. The normalized spacial score (nSPS) is 25.0. The minimum atomic E-state index is 0.176. The molecule has 1 heterocycles. The lowest BCUT2D eigenvalue weighted by atomic mass is 9.93. The first-order valence-electron chi connectivity index (χ1n) is 9.00. The molecule has 0 unspecified atom stereocenters. The van der Waals surface area contributed by atoms with Crippen molar-refractivity contribution in [2.75, 3.05) is 6.61 Å². The van der Waals surface area contributed by atoms with E-state index in [-0.39, 0.29) is 5.60 Å². The van der Waals surface area contributed by atoms with E-state index in [2.05, 4.69) is 52.0 Å². The monoisotopic (exact) mass is 304 g/mol. The predicted molar refractivity (Wildman–Crippen MR) is 92.5 cm³/mol. The van der Waals surface area contributed by atoms with E-state index in [9.17, 15) is 0 Å². The van der Waals surface area contributed by atoms with E-state index in [1.54, 1.807) is 0 Å². The smallest absolute Gasteiger partial charge is 0.119 e. The molecule has 0 spiro atoms. The van der Waals surface area contributed by atoms with Crippen LogP contribution in [-0.2, 0) is 11.2 Å². The van der Waals surface area contributed by atoms with Crippen molar-refractivity contribution in [3.8, 4) is 5.75 Å². The third-order valence-electron chi connectivity index (χ3n) is 5.28. The summed E-state index contributed by atoms with van der Waals surface area (Å²) in [5, 5.41) is 0. The Balaban J connectivity index is 1.65. The maximum atomic E-state index is 5.89. The first kappa shape index (κ1) is 17.3. The van der Waals surface area contributed by atoms with Crippen LogP contribution in [0, 0.1) is 5.92 Å². The second-order valence-electron chi connectivity index (χ2n) is 6.76. The predicted octanol–water partition coefficient (Wildman–Crippen LogP) is 5.39. The van der Waals surface area contributed by atoms with Gasteiger partial charge in [0.05, 0.1) is 18.3 Å². The van der Waals surface area contributed by atoms with Gasteiger partial charge in [0.15, 0.2) is 0 Å². The van der Waals surface area contributed by atoms with Crippen molar-refractivity contribution in [3.63, 3.8) is 0 Å². The number of aryl methyl sites for hydroxylation is 1. The van der Waals surface area contributed by atoms with Crippen LogP contribution in [-0.4, -0.2) is 18.3 Å². The standard InChI is InChI=1S/C20H32O2/c1-5-16-8-11-18(12-9-16)21-15-14-17(6-2)10-13-19-20(4,7-3)22-19/h8-9,11-12,17,19H,5-7,10,13-15H2,1-4H3/t17-,19+,20+/m1/s1. The summed E-state index contributed by atoms with van der Waals surface area (Å²) in [7, 11) is 0. The number of rotatable bonds is 10. The molecule has 124 valence electrons. The first-order valence-corrected chi connectivity index (χ1v) is 9.00. The van der Waals surface area contributed by atoms with Crippen LogP contribution < -0.4 is 4.74 Å². The molecular formula is C20H32O2. The number of epoxide rings is 1. The fourth-order valence-corrected chi connectivity index (χ4v) is 3.07. The van der Waals surface area contributed by atoms with Gasteiger partial charge < -0.3 is 9.47 Å². The Bertz CT molecular complexity index is 440. The Hall–Kier alpha value is -1.02. The molecule has 3 atom stereocenters. The molecule has 0 aliphatic carbocycles. The van der Waals surface area contributed by atoms with Gasteiger partial charge in [0.2, 0.25) is 0 Å². The highest BCUT2D eigenvalue weighted by atomic mass is 16.6. The molecule has 1 aliphatic heterocycles. The first-order chi connectivity index (χ1) is 10.6. The Labute approximate surface area is 136 Å². The van der Waals surface area contributed by atoms with Crippen molar-refractivity contribution >= 4 is 0 Å². The molecule has 2 nitrogen and oxygen atoms in total. The van der Waals surface area contributed by atoms with Crippen molar-refractivity contribution in [2.24, 2.45) is 5.92 Å².